The van der Waals surface area contributed by atoms with E-state index < -0.39 is 23.7 Å². The zero-order valence-corrected chi connectivity index (χ0v) is 18.2. The molecular formula is C23H23F3N6O. The number of nitrogens with one attached hydrogen (secondary N) is 1. The van der Waals surface area contributed by atoms with Crippen molar-refractivity contribution in [2.24, 2.45) is 0 Å². The first-order valence-electron chi connectivity index (χ1n) is 10.7. The van der Waals surface area contributed by atoms with Gasteiger partial charge in [0, 0.05) is 49.0 Å². The average Bonchev–Trinajstić information content (AvgIpc) is 2.80. The number of pyridine rings is 1. The van der Waals surface area contributed by atoms with Crippen molar-refractivity contribution in [3.8, 4) is 22.6 Å². The van der Waals surface area contributed by atoms with Crippen molar-refractivity contribution in [1.82, 2.24) is 30.2 Å². The van der Waals surface area contributed by atoms with Crippen LogP contribution in [0.3, 0.4) is 0 Å². The minimum absolute atomic E-state index is 0.00383. The molecule has 4 rings (SSSR count). The van der Waals surface area contributed by atoms with Gasteiger partial charge in [-0.25, -0.2) is 33.1 Å². The first kappa shape index (κ1) is 22.8. The maximum absolute atomic E-state index is 14.8. The van der Waals surface area contributed by atoms with Gasteiger partial charge in [-0.1, -0.05) is 13.8 Å². The molecule has 1 fully saturated rings. The maximum Gasteiger partial charge on any atom is 0.256 e. The molecule has 0 saturated heterocycles. The summed E-state index contributed by atoms with van der Waals surface area (Å²) in [6.45, 7) is 3.75. The van der Waals surface area contributed by atoms with Crippen LogP contribution in [0.5, 0.6) is 0 Å². The standard InChI is InChI=1S/C23H23F3N6O/c1-13(2)21-31-18(14-10-27-12-28-11-14)17(20(32-21)19-16(24)4-3-9-29-19)22(33)30-15-5-7-23(25,26)8-6-15/h3-4,9-13,15H,5-8H2,1-2H3,(H,30,33). The Balaban J connectivity index is 1.86. The molecule has 1 amide bonds. The second kappa shape index (κ2) is 9.21. The number of amides is 1. The molecule has 3 aromatic rings. The smallest absolute Gasteiger partial charge is 0.256 e. The van der Waals surface area contributed by atoms with Crippen molar-refractivity contribution < 1.29 is 18.0 Å². The van der Waals surface area contributed by atoms with Crippen molar-refractivity contribution >= 4 is 5.91 Å². The predicted octanol–water partition coefficient (Wildman–Crippen LogP) is 4.57. The van der Waals surface area contributed by atoms with E-state index in [2.05, 4.69) is 30.2 Å². The molecule has 3 heterocycles. The van der Waals surface area contributed by atoms with Crippen molar-refractivity contribution in [3.63, 3.8) is 0 Å². The lowest BCUT2D eigenvalue weighted by Crippen LogP contribution is -2.40. The van der Waals surface area contributed by atoms with Crippen molar-refractivity contribution in [1.29, 1.82) is 0 Å². The van der Waals surface area contributed by atoms with Crippen molar-refractivity contribution in [2.45, 2.75) is 57.4 Å². The Morgan fingerprint density at radius 1 is 1.09 bits per heavy atom. The van der Waals surface area contributed by atoms with E-state index in [4.69, 9.17) is 0 Å². The summed E-state index contributed by atoms with van der Waals surface area (Å²) >= 11 is 0. The first-order valence-corrected chi connectivity index (χ1v) is 10.7. The topological polar surface area (TPSA) is 93.5 Å². The predicted molar refractivity (Wildman–Crippen MR) is 115 cm³/mol. The number of carbonyl (C=O) groups excluding carboxylic acids is 1. The lowest BCUT2D eigenvalue weighted by atomic mass is 9.91. The van der Waals surface area contributed by atoms with Gasteiger partial charge in [0.25, 0.3) is 5.91 Å². The van der Waals surface area contributed by atoms with Crippen LogP contribution in [0.2, 0.25) is 0 Å². The summed E-state index contributed by atoms with van der Waals surface area (Å²) in [4.78, 5) is 34.7. The lowest BCUT2D eigenvalue weighted by Gasteiger charge is -2.29. The van der Waals surface area contributed by atoms with Crippen LogP contribution < -0.4 is 5.32 Å². The van der Waals surface area contributed by atoms with E-state index in [9.17, 15) is 18.0 Å². The first-order chi connectivity index (χ1) is 15.7. The Kier molecular flexibility index (Phi) is 6.35. The molecule has 0 atom stereocenters. The summed E-state index contributed by atoms with van der Waals surface area (Å²) in [5.74, 6) is -3.69. The summed E-state index contributed by atoms with van der Waals surface area (Å²) < 4.78 is 41.9. The Hall–Kier alpha value is -3.43. The number of carbonyl (C=O) groups is 1. The van der Waals surface area contributed by atoms with Crippen molar-refractivity contribution in [2.75, 3.05) is 0 Å². The molecule has 0 bridgehead atoms. The number of halogens is 3. The Bertz CT molecular complexity index is 1150. The molecule has 1 N–H and O–H groups in total. The minimum atomic E-state index is -2.72. The minimum Gasteiger partial charge on any atom is -0.349 e. The fraction of sp³-hybridized carbons (Fsp3) is 0.391. The summed E-state index contributed by atoms with van der Waals surface area (Å²) in [7, 11) is 0. The number of alkyl halides is 2. The molecule has 33 heavy (non-hydrogen) atoms. The van der Waals surface area contributed by atoms with E-state index in [0.717, 1.165) is 0 Å². The van der Waals surface area contributed by atoms with E-state index in [1.54, 1.807) is 0 Å². The van der Waals surface area contributed by atoms with Gasteiger partial charge in [0.15, 0.2) is 5.82 Å². The third-order valence-electron chi connectivity index (χ3n) is 5.54. The summed E-state index contributed by atoms with van der Waals surface area (Å²) in [5.41, 5.74) is 0.612. The summed E-state index contributed by atoms with van der Waals surface area (Å²) in [5, 5.41) is 2.82. The van der Waals surface area contributed by atoms with Gasteiger partial charge < -0.3 is 5.32 Å². The molecule has 1 aliphatic rings. The van der Waals surface area contributed by atoms with E-state index >= 15 is 0 Å². The highest BCUT2D eigenvalue weighted by Crippen LogP contribution is 2.35. The zero-order chi connectivity index (χ0) is 23.6. The Labute approximate surface area is 188 Å². The van der Waals surface area contributed by atoms with Crippen LogP contribution in [0, 0.1) is 5.82 Å². The third kappa shape index (κ3) is 4.99. The number of hydrogen-bond acceptors (Lipinski definition) is 6. The molecular weight excluding hydrogens is 433 g/mol. The van der Waals surface area contributed by atoms with Crippen molar-refractivity contribution in [3.05, 3.63) is 54.3 Å². The molecule has 172 valence electrons. The number of nitrogens with zero attached hydrogens (tertiary/aromatic N) is 5. The molecule has 0 unspecified atom stereocenters. The molecule has 7 nitrogen and oxygen atoms in total. The highest BCUT2D eigenvalue weighted by Gasteiger charge is 2.36. The van der Waals surface area contributed by atoms with Gasteiger partial charge in [-0.2, -0.15) is 0 Å². The normalized spacial score (nSPS) is 16.1. The van der Waals surface area contributed by atoms with Crippen LogP contribution in [0.25, 0.3) is 22.6 Å². The third-order valence-corrected chi connectivity index (χ3v) is 5.54. The lowest BCUT2D eigenvalue weighted by molar-refractivity contribution is -0.0399. The van der Waals surface area contributed by atoms with E-state index in [0.29, 0.717) is 11.4 Å². The largest absolute Gasteiger partial charge is 0.349 e. The van der Waals surface area contributed by atoms with Crippen LogP contribution in [-0.2, 0) is 0 Å². The quantitative estimate of drug-likeness (QED) is 0.605. The molecule has 0 radical (unpaired) electrons. The van der Waals surface area contributed by atoms with Crippen LogP contribution in [0.1, 0.15) is 61.6 Å². The Morgan fingerprint density at radius 2 is 1.76 bits per heavy atom. The zero-order valence-electron chi connectivity index (χ0n) is 18.2. The van der Waals surface area contributed by atoms with Gasteiger partial charge in [-0.3, -0.25) is 9.78 Å². The van der Waals surface area contributed by atoms with Gasteiger partial charge >= 0.3 is 0 Å². The highest BCUT2D eigenvalue weighted by atomic mass is 19.3. The molecule has 1 saturated carbocycles. The van der Waals surface area contributed by atoms with Crippen LogP contribution in [0.4, 0.5) is 13.2 Å². The van der Waals surface area contributed by atoms with Crippen LogP contribution in [-0.4, -0.2) is 42.8 Å². The number of hydrogen-bond donors (Lipinski definition) is 1. The fourth-order valence-corrected chi connectivity index (χ4v) is 3.75. The molecule has 10 heteroatoms. The molecule has 1 aliphatic carbocycles. The van der Waals surface area contributed by atoms with E-state index in [1.165, 1.54) is 37.1 Å². The second-order valence-corrected chi connectivity index (χ2v) is 8.37. The van der Waals surface area contributed by atoms with E-state index in [1.807, 2.05) is 13.8 Å². The number of rotatable bonds is 5. The van der Waals surface area contributed by atoms with Gasteiger partial charge in [0.2, 0.25) is 5.92 Å². The monoisotopic (exact) mass is 456 g/mol. The van der Waals surface area contributed by atoms with Crippen LogP contribution >= 0.6 is 0 Å². The average molecular weight is 456 g/mol. The molecule has 0 spiro atoms. The van der Waals surface area contributed by atoms with E-state index in [-0.39, 0.29) is 54.2 Å². The SMILES string of the molecule is CC(C)c1nc(-c2cncnc2)c(C(=O)NC2CCC(F)(F)CC2)c(-c2ncccc2F)n1. The fourth-order valence-electron chi connectivity index (χ4n) is 3.75. The van der Waals surface area contributed by atoms with Gasteiger partial charge in [0.1, 0.15) is 23.5 Å². The van der Waals surface area contributed by atoms with Crippen LogP contribution in [0.15, 0.2) is 37.1 Å². The number of aromatic nitrogens is 5. The Morgan fingerprint density at radius 3 is 2.39 bits per heavy atom. The van der Waals surface area contributed by atoms with Gasteiger partial charge in [-0.15, -0.1) is 0 Å². The maximum atomic E-state index is 14.8. The molecule has 0 aliphatic heterocycles. The summed E-state index contributed by atoms with van der Waals surface area (Å²) in [6, 6.07) is 2.23. The summed E-state index contributed by atoms with van der Waals surface area (Å²) in [6.07, 6.45) is 5.41. The molecule has 3 aromatic heterocycles. The van der Waals surface area contributed by atoms with Gasteiger partial charge in [-0.05, 0) is 25.0 Å². The molecule has 0 aromatic carbocycles. The highest BCUT2D eigenvalue weighted by molar-refractivity contribution is 6.05. The second-order valence-electron chi connectivity index (χ2n) is 8.37. The van der Waals surface area contributed by atoms with Gasteiger partial charge in [0.05, 0.1) is 11.3 Å².